The van der Waals surface area contributed by atoms with Gasteiger partial charge in [0.15, 0.2) is 0 Å². The van der Waals surface area contributed by atoms with Crippen molar-refractivity contribution in [1.82, 2.24) is 15.1 Å². The highest BCUT2D eigenvalue weighted by Crippen LogP contribution is 2.19. The van der Waals surface area contributed by atoms with E-state index in [4.69, 9.17) is 4.74 Å². The predicted octanol–water partition coefficient (Wildman–Crippen LogP) is 0.554. The number of rotatable bonds is 7. The topological polar surface area (TPSA) is 44.8 Å². The number of likely N-dealkylation sites (tertiary alicyclic amines) is 1. The van der Waals surface area contributed by atoms with Crippen molar-refractivity contribution in [3.8, 4) is 0 Å². The lowest BCUT2D eigenvalue weighted by atomic mass is 9.99. The lowest BCUT2D eigenvalue weighted by Gasteiger charge is -2.40. The molecule has 112 valence electrons. The molecule has 1 N–H and O–H groups in total. The van der Waals surface area contributed by atoms with Crippen molar-refractivity contribution in [3.05, 3.63) is 0 Å². The van der Waals surface area contributed by atoms with Crippen molar-refractivity contribution in [2.24, 2.45) is 0 Å². The first-order chi connectivity index (χ1) is 9.07. The van der Waals surface area contributed by atoms with E-state index in [2.05, 4.69) is 10.2 Å². The highest BCUT2D eigenvalue weighted by molar-refractivity contribution is 5.81. The fourth-order valence-electron chi connectivity index (χ4n) is 2.71. The quantitative estimate of drug-likeness (QED) is 0.687. The van der Waals surface area contributed by atoms with Crippen LogP contribution in [0.1, 0.15) is 26.2 Å². The van der Waals surface area contributed by atoms with Gasteiger partial charge in [-0.05, 0) is 26.3 Å². The first kappa shape index (κ1) is 16.4. The summed E-state index contributed by atoms with van der Waals surface area (Å²) in [7, 11) is 5.37. The predicted molar refractivity (Wildman–Crippen MR) is 77.2 cm³/mol. The van der Waals surface area contributed by atoms with Gasteiger partial charge in [-0.2, -0.15) is 0 Å². The average Bonchev–Trinajstić information content (AvgIpc) is 2.42. The number of hydrogen-bond acceptors (Lipinski definition) is 4. The Balaban J connectivity index is 2.49. The third-order valence-corrected chi connectivity index (χ3v) is 3.83. The molecule has 1 amide bonds. The molecule has 0 aliphatic carbocycles. The number of amides is 1. The molecule has 2 atom stereocenters. The van der Waals surface area contributed by atoms with Crippen molar-refractivity contribution in [2.45, 2.75) is 38.3 Å². The smallest absolute Gasteiger partial charge is 0.239 e. The van der Waals surface area contributed by atoms with Crippen molar-refractivity contribution in [1.29, 1.82) is 0 Å². The van der Waals surface area contributed by atoms with E-state index in [-0.39, 0.29) is 11.9 Å². The Kier molecular flexibility index (Phi) is 7.34. The van der Waals surface area contributed by atoms with Crippen LogP contribution in [0.25, 0.3) is 0 Å². The SMILES string of the molecule is COCCNCC1CCCCN1C(C)C(=O)N(C)C. The van der Waals surface area contributed by atoms with Crippen molar-refractivity contribution in [3.63, 3.8) is 0 Å². The molecular formula is C14H29N3O2. The minimum Gasteiger partial charge on any atom is -0.383 e. The summed E-state index contributed by atoms with van der Waals surface area (Å²) in [6.07, 6.45) is 3.63. The molecule has 0 spiro atoms. The lowest BCUT2D eigenvalue weighted by molar-refractivity contribution is -0.135. The van der Waals surface area contributed by atoms with E-state index < -0.39 is 0 Å². The molecular weight excluding hydrogens is 242 g/mol. The zero-order valence-electron chi connectivity index (χ0n) is 12.8. The maximum atomic E-state index is 12.1. The molecule has 0 bridgehead atoms. The van der Waals surface area contributed by atoms with E-state index in [1.165, 1.54) is 19.3 Å². The third-order valence-electron chi connectivity index (χ3n) is 3.83. The molecule has 1 heterocycles. The molecule has 5 nitrogen and oxygen atoms in total. The second-order valence-electron chi connectivity index (χ2n) is 5.49. The second-order valence-corrected chi connectivity index (χ2v) is 5.49. The maximum Gasteiger partial charge on any atom is 0.239 e. The summed E-state index contributed by atoms with van der Waals surface area (Å²) in [6.45, 7) is 5.59. The maximum absolute atomic E-state index is 12.1. The highest BCUT2D eigenvalue weighted by Gasteiger charge is 2.30. The molecule has 0 saturated carbocycles. The van der Waals surface area contributed by atoms with Crippen LogP contribution in [0.15, 0.2) is 0 Å². The second kappa shape index (κ2) is 8.51. The molecule has 1 saturated heterocycles. The lowest BCUT2D eigenvalue weighted by Crippen LogP contribution is -2.54. The van der Waals surface area contributed by atoms with Crippen LogP contribution in [0, 0.1) is 0 Å². The average molecular weight is 271 g/mol. The van der Waals surface area contributed by atoms with Gasteiger partial charge in [-0.25, -0.2) is 0 Å². The number of nitrogens with zero attached hydrogens (tertiary/aromatic N) is 2. The zero-order chi connectivity index (χ0) is 14.3. The van der Waals surface area contributed by atoms with Crippen LogP contribution in [0.3, 0.4) is 0 Å². The number of hydrogen-bond donors (Lipinski definition) is 1. The summed E-state index contributed by atoms with van der Waals surface area (Å²) >= 11 is 0. The van der Waals surface area contributed by atoms with Crippen LogP contribution in [0.4, 0.5) is 0 Å². The molecule has 1 fully saturated rings. The van der Waals surface area contributed by atoms with Crippen LogP contribution >= 0.6 is 0 Å². The van der Waals surface area contributed by atoms with Crippen LogP contribution in [-0.4, -0.2) is 75.2 Å². The van der Waals surface area contributed by atoms with E-state index in [1.807, 2.05) is 21.0 Å². The van der Waals surface area contributed by atoms with Gasteiger partial charge in [-0.1, -0.05) is 6.42 Å². The largest absolute Gasteiger partial charge is 0.383 e. The Morgan fingerprint density at radius 3 is 2.84 bits per heavy atom. The van der Waals surface area contributed by atoms with E-state index in [0.717, 1.165) is 26.2 Å². The molecule has 1 aliphatic heterocycles. The number of likely N-dealkylation sites (N-methyl/N-ethyl adjacent to an activating group) is 1. The molecule has 0 aromatic rings. The number of piperidine rings is 1. The Hall–Kier alpha value is -0.650. The van der Waals surface area contributed by atoms with E-state index in [9.17, 15) is 4.79 Å². The van der Waals surface area contributed by atoms with Crippen LogP contribution in [0.5, 0.6) is 0 Å². The van der Waals surface area contributed by atoms with Gasteiger partial charge >= 0.3 is 0 Å². The standard InChI is InChI=1S/C14H29N3O2/c1-12(14(18)16(2)3)17-9-6-5-7-13(17)11-15-8-10-19-4/h12-13,15H,5-11H2,1-4H3. The van der Waals surface area contributed by atoms with Gasteiger partial charge in [-0.15, -0.1) is 0 Å². The van der Waals surface area contributed by atoms with Crippen LogP contribution < -0.4 is 5.32 Å². The zero-order valence-corrected chi connectivity index (χ0v) is 12.8. The summed E-state index contributed by atoms with van der Waals surface area (Å²) in [5.74, 6) is 0.198. The van der Waals surface area contributed by atoms with Crippen LogP contribution in [0.2, 0.25) is 0 Å². The van der Waals surface area contributed by atoms with E-state index in [1.54, 1.807) is 12.0 Å². The monoisotopic (exact) mass is 271 g/mol. The fourth-order valence-corrected chi connectivity index (χ4v) is 2.71. The summed E-state index contributed by atoms with van der Waals surface area (Å²) in [6, 6.07) is 0.439. The molecule has 0 aromatic carbocycles. The van der Waals surface area contributed by atoms with E-state index in [0.29, 0.717) is 6.04 Å². The molecule has 1 rings (SSSR count). The Morgan fingerprint density at radius 1 is 1.47 bits per heavy atom. The Labute approximate surface area is 117 Å². The Morgan fingerprint density at radius 2 is 2.21 bits per heavy atom. The summed E-state index contributed by atoms with van der Waals surface area (Å²) < 4.78 is 5.04. The molecule has 5 heteroatoms. The molecule has 0 aromatic heterocycles. The number of nitrogens with one attached hydrogen (secondary N) is 1. The Bertz CT molecular complexity index is 271. The highest BCUT2D eigenvalue weighted by atomic mass is 16.5. The molecule has 2 unspecified atom stereocenters. The van der Waals surface area contributed by atoms with Gasteiger partial charge in [0.25, 0.3) is 0 Å². The van der Waals surface area contributed by atoms with Gasteiger partial charge in [0.1, 0.15) is 0 Å². The number of carbonyl (C=O) groups excluding carboxylic acids is 1. The first-order valence-corrected chi connectivity index (χ1v) is 7.24. The van der Waals surface area contributed by atoms with Gasteiger partial charge in [-0.3, -0.25) is 9.69 Å². The molecule has 19 heavy (non-hydrogen) atoms. The van der Waals surface area contributed by atoms with Gasteiger partial charge in [0, 0.05) is 40.3 Å². The van der Waals surface area contributed by atoms with Crippen LogP contribution in [-0.2, 0) is 9.53 Å². The minimum absolute atomic E-state index is 0.0236. The first-order valence-electron chi connectivity index (χ1n) is 7.24. The van der Waals surface area contributed by atoms with Crippen molar-refractivity contribution in [2.75, 3.05) is 47.4 Å². The van der Waals surface area contributed by atoms with Crippen molar-refractivity contribution >= 4 is 5.91 Å². The summed E-state index contributed by atoms with van der Waals surface area (Å²) in [4.78, 5) is 16.1. The van der Waals surface area contributed by atoms with E-state index >= 15 is 0 Å². The normalized spacial score (nSPS) is 22.2. The minimum atomic E-state index is -0.0236. The number of carbonyl (C=O) groups is 1. The van der Waals surface area contributed by atoms with Gasteiger partial charge in [0.2, 0.25) is 5.91 Å². The summed E-state index contributed by atoms with van der Waals surface area (Å²) in [5, 5.41) is 3.42. The number of ether oxygens (including phenoxy) is 1. The molecule has 1 aliphatic rings. The fraction of sp³-hybridized carbons (Fsp3) is 0.929. The van der Waals surface area contributed by atoms with Gasteiger partial charge < -0.3 is 15.0 Å². The van der Waals surface area contributed by atoms with Gasteiger partial charge in [0.05, 0.1) is 12.6 Å². The summed E-state index contributed by atoms with van der Waals surface area (Å²) in [5.41, 5.74) is 0. The molecule has 0 radical (unpaired) electrons. The third kappa shape index (κ3) is 5.09. The van der Waals surface area contributed by atoms with Crippen molar-refractivity contribution < 1.29 is 9.53 Å². The number of methoxy groups -OCH3 is 1.